The third-order valence-corrected chi connectivity index (χ3v) is 6.21. The van der Waals surface area contributed by atoms with E-state index in [0.29, 0.717) is 12.0 Å². The van der Waals surface area contributed by atoms with Crippen molar-refractivity contribution in [2.75, 3.05) is 6.54 Å². The van der Waals surface area contributed by atoms with Crippen molar-refractivity contribution in [2.24, 2.45) is 0 Å². The zero-order valence-corrected chi connectivity index (χ0v) is 15.6. The van der Waals surface area contributed by atoms with E-state index in [9.17, 15) is 0 Å². The van der Waals surface area contributed by atoms with Crippen molar-refractivity contribution in [3.8, 4) is 0 Å². The van der Waals surface area contributed by atoms with Crippen molar-refractivity contribution in [1.29, 1.82) is 0 Å². The zero-order chi connectivity index (χ0) is 15.2. The predicted octanol–water partition coefficient (Wildman–Crippen LogP) is 6.40. The number of hydrogen-bond acceptors (Lipinski definition) is 2. The van der Waals surface area contributed by atoms with E-state index in [-0.39, 0.29) is 0 Å². The highest BCUT2D eigenvalue weighted by Crippen LogP contribution is 2.41. The minimum atomic E-state index is 0.311. The smallest absolute Gasteiger partial charge is 0.0888 e. The molecule has 2 rings (SSSR count). The lowest BCUT2D eigenvalue weighted by Crippen LogP contribution is -2.27. The standard InChI is InChI=1S/C17H21BrClNS/c1-3-10-20-16(15-11-14(19)17(18)21-15)13(4-2)12-8-6-5-7-9-12/h5-9,11,13,16,20H,3-4,10H2,1-2H3. The Hall–Kier alpha value is -0.350. The van der Waals surface area contributed by atoms with Gasteiger partial charge in [-0.15, -0.1) is 11.3 Å². The summed E-state index contributed by atoms with van der Waals surface area (Å²) in [7, 11) is 0. The van der Waals surface area contributed by atoms with E-state index in [1.807, 2.05) is 0 Å². The molecule has 21 heavy (non-hydrogen) atoms. The van der Waals surface area contributed by atoms with Crippen LogP contribution in [-0.2, 0) is 0 Å². The molecule has 0 saturated carbocycles. The van der Waals surface area contributed by atoms with Crippen LogP contribution >= 0.6 is 38.9 Å². The lowest BCUT2D eigenvalue weighted by molar-refractivity contribution is 0.441. The molecular weight excluding hydrogens is 366 g/mol. The monoisotopic (exact) mass is 385 g/mol. The van der Waals surface area contributed by atoms with Gasteiger partial charge in [0, 0.05) is 16.8 Å². The number of nitrogens with one attached hydrogen (secondary N) is 1. The maximum absolute atomic E-state index is 6.24. The van der Waals surface area contributed by atoms with E-state index < -0.39 is 0 Å². The molecule has 1 N–H and O–H groups in total. The molecule has 2 atom stereocenters. The van der Waals surface area contributed by atoms with Crippen LogP contribution in [0.3, 0.4) is 0 Å². The van der Waals surface area contributed by atoms with Gasteiger partial charge < -0.3 is 5.32 Å². The van der Waals surface area contributed by atoms with E-state index >= 15 is 0 Å². The van der Waals surface area contributed by atoms with Gasteiger partial charge in [-0.2, -0.15) is 0 Å². The number of thiophene rings is 1. The van der Waals surface area contributed by atoms with Crippen molar-refractivity contribution in [1.82, 2.24) is 5.32 Å². The zero-order valence-electron chi connectivity index (χ0n) is 12.4. The largest absolute Gasteiger partial charge is 0.309 e. The molecule has 2 aromatic rings. The topological polar surface area (TPSA) is 12.0 Å². The van der Waals surface area contributed by atoms with Crippen LogP contribution in [0.15, 0.2) is 40.2 Å². The normalized spacial score (nSPS) is 14.1. The summed E-state index contributed by atoms with van der Waals surface area (Å²) in [6, 6.07) is 13.2. The van der Waals surface area contributed by atoms with Crippen LogP contribution in [0.4, 0.5) is 0 Å². The number of halogens is 2. The van der Waals surface area contributed by atoms with Gasteiger partial charge in [-0.1, -0.05) is 55.8 Å². The fourth-order valence-corrected chi connectivity index (χ4v) is 4.51. The average Bonchev–Trinajstić information content (AvgIpc) is 2.83. The summed E-state index contributed by atoms with van der Waals surface area (Å²) < 4.78 is 1.02. The number of benzene rings is 1. The van der Waals surface area contributed by atoms with Gasteiger partial charge in [0.15, 0.2) is 0 Å². The molecule has 0 radical (unpaired) electrons. The molecule has 0 aliphatic carbocycles. The number of rotatable bonds is 7. The molecule has 1 nitrogen and oxygen atoms in total. The predicted molar refractivity (Wildman–Crippen MR) is 97.5 cm³/mol. The van der Waals surface area contributed by atoms with E-state index in [1.165, 1.54) is 10.4 Å². The molecule has 0 bridgehead atoms. The highest BCUT2D eigenvalue weighted by atomic mass is 79.9. The highest BCUT2D eigenvalue weighted by molar-refractivity contribution is 9.11. The molecule has 0 saturated heterocycles. The second kappa shape index (κ2) is 8.33. The van der Waals surface area contributed by atoms with Crippen molar-refractivity contribution >= 4 is 38.9 Å². The first-order chi connectivity index (χ1) is 10.2. The minimum Gasteiger partial charge on any atom is -0.309 e. The molecule has 1 aromatic carbocycles. The van der Waals surface area contributed by atoms with Crippen LogP contribution in [0.1, 0.15) is 49.1 Å². The molecular formula is C17H21BrClNS. The van der Waals surface area contributed by atoms with Crippen molar-refractivity contribution in [3.05, 3.63) is 55.6 Å². The maximum atomic E-state index is 6.24. The first-order valence-corrected chi connectivity index (χ1v) is 9.39. The third-order valence-electron chi connectivity index (χ3n) is 3.65. The molecule has 4 heteroatoms. The van der Waals surface area contributed by atoms with E-state index in [1.54, 1.807) is 11.3 Å². The molecule has 0 spiro atoms. The van der Waals surface area contributed by atoms with Gasteiger partial charge >= 0.3 is 0 Å². The van der Waals surface area contributed by atoms with Crippen molar-refractivity contribution in [3.63, 3.8) is 0 Å². The Kier molecular flexibility index (Phi) is 6.74. The van der Waals surface area contributed by atoms with Gasteiger partial charge in [-0.25, -0.2) is 0 Å². The van der Waals surface area contributed by atoms with Crippen LogP contribution in [0, 0.1) is 0 Å². The van der Waals surface area contributed by atoms with E-state index in [2.05, 4.69) is 71.5 Å². The molecule has 2 unspecified atom stereocenters. The summed E-state index contributed by atoms with van der Waals surface area (Å²) in [5.41, 5.74) is 1.38. The van der Waals surface area contributed by atoms with E-state index in [0.717, 1.165) is 28.2 Å². The Bertz CT molecular complexity index is 536. The summed E-state index contributed by atoms with van der Waals surface area (Å²) in [5, 5.41) is 4.51. The summed E-state index contributed by atoms with van der Waals surface area (Å²) in [5.74, 6) is 0.458. The Labute approximate surface area is 144 Å². The van der Waals surface area contributed by atoms with Gasteiger partial charge in [0.05, 0.1) is 8.81 Å². The molecule has 0 aliphatic heterocycles. The maximum Gasteiger partial charge on any atom is 0.0888 e. The first kappa shape index (κ1) is 17.0. The molecule has 1 aromatic heterocycles. The molecule has 114 valence electrons. The fraction of sp³-hybridized carbons (Fsp3) is 0.412. The average molecular weight is 387 g/mol. The van der Waals surface area contributed by atoms with Crippen LogP contribution in [0.25, 0.3) is 0 Å². The second-order valence-corrected chi connectivity index (χ2v) is 7.94. The van der Waals surface area contributed by atoms with Crippen molar-refractivity contribution in [2.45, 2.75) is 38.6 Å². The number of hydrogen-bond donors (Lipinski definition) is 1. The molecule has 0 amide bonds. The van der Waals surface area contributed by atoms with Gasteiger partial charge in [-0.05, 0) is 46.9 Å². The van der Waals surface area contributed by atoms with Crippen molar-refractivity contribution < 1.29 is 0 Å². The van der Waals surface area contributed by atoms with Crippen LogP contribution in [0.5, 0.6) is 0 Å². The summed E-state index contributed by atoms with van der Waals surface area (Å²) in [6.45, 7) is 5.47. The Morgan fingerprint density at radius 3 is 2.48 bits per heavy atom. The summed E-state index contributed by atoms with van der Waals surface area (Å²) in [6.07, 6.45) is 2.22. The SMILES string of the molecule is CCCNC(c1cc(Cl)c(Br)s1)C(CC)c1ccccc1. The van der Waals surface area contributed by atoms with Gasteiger partial charge in [0.1, 0.15) is 0 Å². The van der Waals surface area contributed by atoms with E-state index in [4.69, 9.17) is 11.6 Å². The fourth-order valence-electron chi connectivity index (χ4n) is 2.62. The van der Waals surface area contributed by atoms with Gasteiger partial charge in [-0.3, -0.25) is 0 Å². The van der Waals surface area contributed by atoms with Crippen LogP contribution in [-0.4, -0.2) is 6.54 Å². The Morgan fingerprint density at radius 1 is 1.24 bits per heavy atom. The lowest BCUT2D eigenvalue weighted by Gasteiger charge is -2.27. The summed E-state index contributed by atoms with van der Waals surface area (Å²) >= 11 is 11.5. The van der Waals surface area contributed by atoms with Crippen LogP contribution < -0.4 is 5.32 Å². The summed E-state index contributed by atoms with van der Waals surface area (Å²) in [4.78, 5) is 1.30. The minimum absolute atomic E-state index is 0.311. The quantitative estimate of drug-likeness (QED) is 0.580. The first-order valence-electron chi connectivity index (χ1n) is 7.40. The third kappa shape index (κ3) is 4.32. The van der Waals surface area contributed by atoms with Gasteiger partial charge in [0.25, 0.3) is 0 Å². The molecule has 0 aliphatic rings. The van der Waals surface area contributed by atoms with Crippen LogP contribution in [0.2, 0.25) is 5.02 Å². The second-order valence-electron chi connectivity index (χ2n) is 5.13. The molecule has 1 heterocycles. The molecule has 0 fully saturated rings. The Morgan fingerprint density at radius 2 is 1.95 bits per heavy atom. The lowest BCUT2D eigenvalue weighted by atomic mass is 9.88. The van der Waals surface area contributed by atoms with Gasteiger partial charge in [0.2, 0.25) is 0 Å². The Balaban J connectivity index is 2.33. The highest BCUT2D eigenvalue weighted by Gasteiger charge is 2.25.